The average Bonchev–Trinajstić information content (AvgIpc) is 2.24. The first-order valence-corrected chi connectivity index (χ1v) is 7.16. The highest BCUT2D eigenvalue weighted by atomic mass is 127. The Hall–Kier alpha value is -0.780. The maximum Gasteiger partial charge on any atom is 0.407 e. The maximum absolute atomic E-state index is 11.4. The van der Waals surface area contributed by atoms with Crippen molar-refractivity contribution in [3.05, 3.63) is 33.4 Å². The van der Waals surface area contributed by atoms with Gasteiger partial charge >= 0.3 is 6.09 Å². The van der Waals surface area contributed by atoms with Gasteiger partial charge in [0, 0.05) is 10.1 Å². The van der Waals surface area contributed by atoms with Crippen molar-refractivity contribution in [1.29, 1.82) is 0 Å². The number of rotatable bonds is 4. The monoisotopic (exact) mass is 361 g/mol. The summed E-state index contributed by atoms with van der Waals surface area (Å²) in [5.74, 6) is 0. The van der Waals surface area contributed by atoms with Crippen molar-refractivity contribution in [2.24, 2.45) is 0 Å². The highest BCUT2D eigenvalue weighted by Crippen LogP contribution is 2.09. The highest BCUT2D eigenvalue weighted by Gasteiger charge is 2.15. The molecule has 0 aromatic heterocycles. The molecule has 18 heavy (non-hydrogen) atoms. The molecule has 100 valence electrons. The van der Waals surface area contributed by atoms with Crippen LogP contribution in [0.1, 0.15) is 32.8 Å². The lowest BCUT2D eigenvalue weighted by atomic mass is 10.1. The molecule has 0 radical (unpaired) electrons. The standard InChI is InChI=1S/C14H20INO2/c1-14(2,3)18-13(17)16-10-4-5-11-6-8-12(15)9-7-11/h6-9H,4-5,10H2,1-3H3,(H,16,17). The van der Waals surface area contributed by atoms with Crippen molar-refractivity contribution in [2.75, 3.05) is 6.54 Å². The normalized spacial score (nSPS) is 11.1. The molecule has 3 nitrogen and oxygen atoms in total. The highest BCUT2D eigenvalue weighted by molar-refractivity contribution is 14.1. The molecule has 0 heterocycles. The van der Waals surface area contributed by atoms with Gasteiger partial charge in [-0.2, -0.15) is 0 Å². The zero-order chi connectivity index (χ0) is 13.6. The van der Waals surface area contributed by atoms with Gasteiger partial charge in [0.2, 0.25) is 0 Å². The van der Waals surface area contributed by atoms with E-state index in [4.69, 9.17) is 4.74 Å². The molecule has 1 aromatic rings. The predicted octanol–water partition coefficient (Wildman–Crippen LogP) is 3.75. The molecule has 0 saturated heterocycles. The number of hydrogen-bond acceptors (Lipinski definition) is 2. The third-order valence-corrected chi connectivity index (χ3v) is 2.94. The topological polar surface area (TPSA) is 38.3 Å². The molecular formula is C14H20INO2. The van der Waals surface area contributed by atoms with Gasteiger partial charge in [-0.3, -0.25) is 0 Å². The van der Waals surface area contributed by atoms with Crippen LogP contribution in [-0.4, -0.2) is 18.2 Å². The lowest BCUT2D eigenvalue weighted by molar-refractivity contribution is 0.0527. The zero-order valence-electron chi connectivity index (χ0n) is 11.1. The van der Waals surface area contributed by atoms with Gasteiger partial charge in [-0.05, 0) is 73.9 Å². The van der Waals surface area contributed by atoms with Crippen molar-refractivity contribution in [2.45, 2.75) is 39.2 Å². The van der Waals surface area contributed by atoms with Gasteiger partial charge in [0.25, 0.3) is 0 Å². The van der Waals surface area contributed by atoms with Gasteiger partial charge in [0.1, 0.15) is 5.60 Å². The molecule has 0 atom stereocenters. The van der Waals surface area contributed by atoms with Gasteiger partial charge in [-0.1, -0.05) is 12.1 Å². The number of benzene rings is 1. The minimum absolute atomic E-state index is 0.342. The Balaban J connectivity index is 2.19. The molecule has 0 spiro atoms. The Morgan fingerprint density at radius 3 is 2.44 bits per heavy atom. The van der Waals surface area contributed by atoms with Gasteiger partial charge in [0.15, 0.2) is 0 Å². The van der Waals surface area contributed by atoms with E-state index in [-0.39, 0.29) is 6.09 Å². The molecule has 4 heteroatoms. The second-order valence-corrected chi connectivity index (χ2v) is 6.40. The average molecular weight is 361 g/mol. The van der Waals surface area contributed by atoms with E-state index in [1.54, 1.807) is 0 Å². The van der Waals surface area contributed by atoms with Crippen molar-refractivity contribution in [1.82, 2.24) is 5.32 Å². The van der Waals surface area contributed by atoms with Gasteiger partial charge in [-0.25, -0.2) is 4.79 Å². The van der Waals surface area contributed by atoms with Gasteiger partial charge in [-0.15, -0.1) is 0 Å². The fourth-order valence-electron chi connectivity index (χ4n) is 1.45. The Bertz CT molecular complexity index is 382. The van der Waals surface area contributed by atoms with Crippen molar-refractivity contribution < 1.29 is 9.53 Å². The molecule has 0 aliphatic rings. The Labute approximate surface area is 122 Å². The lowest BCUT2D eigenvalue weighted by Crippen LogP contribution is -2.33. The number of hydrogen-bond donors (Lipinski definition) is 1. The number of carbonyl (C=O) groups excluding carboxylic acids is 1. The number of alkyl carbamates (subject to hydrolysis) is 1. The van der Waals surface area contributed by atoms with Crippen LogP contribution in [0.2, 0.25) is 0 Å². The summed E-state index contributed by atoms with van der Waals surface area (Å²) >= 11 is 2.29. The predicted molar refractivity (Wildman–Crippen MR) is 81.7 cm³/mol. The van der Waals surface area contributed by atoms with E-state index < -0.39 is 5.60 Å². The molecule has 0 aliphatic carbocycles. The molecule has 0 unspecified atom stereocenters. The molecule has 1 rings (SSSR count). The molecule has 0 bridgehead atoms. The van der Waals surface area contributed by atoms with Crippen LogP contribution in [0.3, 0.4) is 0 Å². The number of carbonyl (C=O) groups is 1. The smallest absolute Gasteiger partial charge is 0.407 e. The first kappa shape index (κ1) is 15.3. The molecular weight excluding hydrogens is 341 g/mol. The fraction of sp³-hybridized carbons (Fsp3) is 0.500. The minimum atomic E-state index is -0.430. The van der Waals surface area contributed by atoms with E-state index in [2.05, 4.69) is 52.2 Å². The summed E-state index contributed by atoms with van der Waals surface area (Å²) in [4.78, 5) is 11.4. The van der Waals surface area contributed by atoms with E-state index in [1.807, 2.05) is 20.8 Å². The lowest BCUT2D eigenvalue weighted by Gasteiger charge is -2.19. The number of aryl methyl sites for hydroxylation is 1. The van der Waals surface area contributed by atoms with Crippen LogP contribution in [0.4, 0.5) is 4.79 Å². The van der Waals surface area contributed by atoms with Gasteiger partial charge < -0.3 is 10.1 Å². The number of halogens is 1. The number of amides is 1. The number of ether oxygens (including phenoxy) is 1. The first-order valence-electron chi connectivity index (χ1n) is 6.08. The van der Waals surface area contributed by atoms with E-state index in [9.17, 15) is 4.79 Å². The van der Waals surface area contributed by atoms with E-state index >= 15 is 0 Å². The van der Waals surface area contributed by atoms with Crippen LogP contribution in [0.5, 0.6) is 0 Å². The van der Waals surface area contributed by atoms with E-state index in [0.29, 0.717) is 6.54 Å². The van der Waals surface area contributed by atoms with Gasteiger partial charge in [0.05, 0.1) is 0 Å². The SMILES string of the molecule is CC(C)(C)OC(=O)NCCCc1ccc(I)cc1. The Morgan fingerprint density at radius 1 is 1.28 bits per heavy atom. The van der Waals surface area contributed by atoms with Crippen molar-refractivity contribution >= 4 is 28.7 Å². The van der Waals surface area contributed by atoms with Crippen LogP contribution >= 0.6 is 22.6 Å². The summed E-state index contributed by atoms with van der Waals surface area (Å²) in [7, 11) is 0. The van der Waals surface area contributed by atoms with Crippen LogP contribution in [0.25, 0.3) is 0 Å². The zero-order valence-corrected chi connectivity index (χ0v) is 13.3. The van der Waals surface area contributed by atoms with E-state index in [0.717, 1.165) is 12.8 Å². The van der Waals surface area contributed by atoms with Crippen LogP contribution in [0, 0.1) is 3.57 Å². The second kappa shape index (κ2) is 6.97. The first-order chi connectivity index (χ1) is 8.37. The molecule has 1 aromatic carbocycles. The van der Waals surface area contributed by atoms with Crippen molar-refractivity contribution in [3.8, 4) is 0 Å². The van der Waals surface area contributed by atoms with Crippen LogP contribution in [0.15, 0.2) is 24.3 Å². The Kier molecular flexibility index (Phi) is 5.91. The van der Waals surface area contributed by atoms with Crippen LogP contribution in [-0.2, 0) is 11.2 Å². The molecule has 0 aliphatic heterocycles. The third kappa shape index (κ3) is 6.83. The summed E-state index contributed by atoms with van der Waals surface area (Å²) in [6, 6.07) is 8.43. The molecule has 1 amide bonds. The summed E-state index contributed by atoms with van der Waals surface area (Å²) in [6.07, 6.45) is 1.54. The molecule has 0 saturated carbocycles. The van der Waals surface area contributed by atoms with Crippen molar-refractivity contribution in [3.63, 3.8) is 0 Å². The molecule has 1 N–H and O–H groups in total. The second-order valence-electron chi connectivity index (χ2n) is 5.16. The van der Waals surface area contributed by atoms with E-state index in [1.165, 1.54) is 9.13 Å². The summed E-state index contributed by atoms with van der Waals surface area (Å²) in [6.45, 7) is 6.22. The maximum atomic E-state index is 11.4. The summed E-state index contributed by atoms with van der Waals surface area (Å²) in [5, 5.41) is 2.76. The summed E-state index contributed by atoms with van der Waals surface area (Å²) in [5.41, 5.74) is 0.863. The minimum Gasteiger partial charge on any atom is -0.444 e. The number of nitrogens with one attached hydrogen (secondary N) is 1. The molecule has 0 fully saturated rings. The largest absolute Gasteiger partial charge is 0.444 e. The third-order valence-electron chi connectivity index (χ3n) is 2.22. The summed E-state index contributed by atoms with van der Waals surface area (Å²) < 4.78 is 6.39. The quantitative estimate of drug-likeness (QED) is 0.655. The van der Waals surface area contributed by atoms with Crippen LogP contribution < -0.4 is 5.32 Å². The Morgan fingerprint density at radius 2 is 1.89 bits per heavy atom. The fourth-order valence-corrected chi connectivity index (χ4v) is 1.81.